The summed E-state index contributed by atoms with van der Waals surface area (Å²) in [4.78, 5) is 0. The van der Waals surface area contributed by atoms with Crippen LogP contribution >= 0.6 is 0 Å². The lowest BCUT2D eigenvalue weighted by Crippen LogP contribution is -2.17. The number of aryl methyl sites for hydroxylation is 1. The Bertz CT molecular complexity index is 1660. The lowest BCUT2D eigenvalue weighted by molar-refractivity contribution is -0.418. The van der Waals surface area contributed by atoms with E-state index in [4.69, 9.17) is 4.42 Å². The van der Waals surface area contributed by atoms with Gasteiger partial charge in [-0.3, -0.25) is 8.99 Å². The minimum atomic E-state index is 0.429. The molecule has 0 saturated heterocycles. The summed E-state index contributed by atoms with van der Waals surface area (Å²) < 4.78 is 8.54. The smallest absolute Gasteiger partial charge is 0.278 e. The largest absolute Gasteiger partial charge is 0.286 e. The minimum Gasteiger partial charge on any atom is -0.286 e. The van der Waals surface area contributed by atoms with Crippen LogP contribution in [0.15, 0.2) is 113 Å². The van der Waals surface area contributed by atoms with Gasteiger partial charge in [-0.15, -0.1) is 18.2 Å². The molecule has 2 heteroatoms. The standard InChI is InChI=1S/C34H29NO/c1-22(2)27-18-19-35(4)30(21-27)32-23(3)20-29(33-28-12-8-9-13-31(28)36-34(32)33)26-16-14-25(15-17-26)24-10-6-5-7-11-24/h5-22H,4H2,1-3H3. The predicted octanol–water partition coefficient (Wildman–Crippen LogP) is 8.93. The van der Waals surface area contributed by atoms with Gasteiger partial charge < -0.3 is 0 Å². The highest BCUT2D eigenvalue weighted by Crippen LogP contribution is 2.43. The van der Waals surface area contributed by atoms with E-state index in [1.165, 1.54) is 33.4 Å². The van der Waals surface area contributed by atoms with Gasteiger partial charge in [0.15, 0.2) is 6.04 Å². The molecule has 0 spiro atoms. The van der Waals surface area contributed by atoms with Crippen molar-refractivity contribution in [1.82, 2.24) is 0 Å². The second kappa shape index (κ2) is 8.73. The Morgan fingerprint density at radius 1 is 0.861 bits per heavy atom. The fourth-order valence-corrected chi connectivity index (χ4v) is 5.17. The molecular formula is C34H29NO. The first-order valence-corrected chi connectivity index (χ1v) is 12.5. The number of hydrogen-bond acceptors (Lipinski definition) is 0. The molecule has 0 bridgehead atoms. The van der Waals surface area contributed by atoms with E-state index in [-0.39, 0.29) is 0 Å². The van der Waals surface area contributed by atoms with Crippen LogP contribution in [0, 0.1) is 18.9 Å². The van der Waals surface area contributed by atoms with Gasteiger partial charge in [0.1, 0.15) is 6.20 Å². The third-order valence-corrected chi connectivity index (χ3v) is 7.13. The van der Waals surface area contributed by atoms with Crippen LogP contribution in [0.1, 0.15) is 25.0 Å². The summed E-state index contributed by atoms with van der Waals surface area (Å²) in [6.45, 7) is 10.9. The van der Waals surface area contributed by atoms with E-state index in [0.29, 0.717) is 5.92 Å². The molecule has 4 aromatic carbocycles. The van der Waals surface area contributed by atoms with Gasteiger partial charge in [0, 0.05) is 5.39 Å². The van der Waals surface area contributed by atoms with Crippen LogP contribution in [0.25, 0.3) is 44.2 Å². The zero-order valence-electron chi connectivity index (χ0n) is 21.0. The zero-order chi connectivity index (χ0) is 24.8. The molecule has 0 amide bonds. The number of nitrogens with zero attached hydrogens (tertiary/aromatic N) is 1. The van der Waals surface area contributed by atoms with Gasteiger partial charge in [-0.2, -0.15) is 0 Å². The quantitative estimate of drug-likeness (QED) is 0.146. The van der Waals surface area contributed by atoms with E-state index < -0.39 is 0 Å². The van der Waals surface area contributed by atoms with Gasteiger partial charge in [-0.1, -0.05) is 98.6 Å². The summed E-state index contributed by atoms with van der Waals surface area (Å²) in [5.41, 5.74) is 10.2. The number of allylic oxidation sites excluding steroid dienone is 2. The first-order chi connectivity index (χ1) is 17.5. The van der Waals surface area contributed by atoms with Crippen molar-refractivity contribution in [3.63, 3.8) is 0 Å². The molecule has 0 radical (unpaired) electrons. The maximum Gasteiger partial charge on any atom is 0.278 e. The molecule has 0 fully saturated rings. The average molecular weight is 468 g/mol. The number of hydrogen-bond donors (Lipinski definition) is 0. The van der Waals surface area contributed by atoms with Crippen LogP contribution in [0.3, 0.4) is 0 Å². The first-order valence-electron chi connectivity index (χ1n) is 12.5. The van der Waals surface area contributed by atoms with Gasteiger partial charge in [0.2, 0.25) is 0 Å². The lowest BCUT2D eigenvalue weighted by Gasteiger charge is -2.22. The number of rotatable bonds is 4. The summed E-state index contributed by atoms with van der Waals surface area (Å²) in [6, 6.07) is 31.1. The van der Waals surface area contributed by atoms with Crippen LogP contribution < -0.4 is 0 Å². The zero-order valence-corrected chi connectivity index (χ0v) is 21.0. The van der Waals surface area contributed by atoms with Crippen molar-refractivity contribution >= 4 is 28.7 Å². The summed E-state index contributed by atoms with van der Waals surface area (Å²) in [5.74, 6) is 0.429. The molecule has 6 rings (SSSR count). The van der Waals surface area contributed by atoms with Crippen LogP contribution in [0.2, 0.25) is 0 Å². The van der Waals surface area contributed by atoms with E-state index in [0.717, 1.165) is 33.5 Å². The Balaban J connectivity index is 1.58. The van der Waals surface area contributed by atoms with Crippen molar-refractivity contribution < 1.29 is 8.99 Å². The molecule has 1 aliphatic heterocycles. The van der Waals surface area contributed by atoms with Gasteiger partial charge >= 0.3 is 0 Å². The van der Waals surface area contributed by atoms with Gasteiger partial charge in [0.05, 0.1) is 12.3 Å². The average Bonchev–Trinajstić information content (AvgIpc) is 3.29. The SMILES string of the molecule is C=[N+]1C=CC(C(C)C)=C[C-]1c1c(C)cc(-c2ccc(-c3ccccc3)cc2)c2c1[o+][c-]1ccccc21. The highest BCUT2D eigenvalue weighted by Gasteiger charge is 2.28. The molecule has 1 aliphatic rings. The van der Waals surface area contributed by atoms with Crippen LogP contribution in [-0.2, 0) is 0 Å². The summed E-state index contributed by atoms with van der Waals surface area (Å²) in [7, 11) is 0. The molecular weight excluding hydrogens is 438 g/mol. The Morgan fingerprint density at radius 3 is 2.31 bits per heavy atom. The van der Waals surface area contributed by atoms with E-state index >= 15 is 0 Å². The van der Waals surface area contributed by atoms with Crippen molar-refractivity contribution in [2.45, 2.75) is 20.8 Å². The molecule has 2 nitrogen and oxygen atoms in total. The number of para-hydroxylation sites is 1. The number of furan rings is 1. The van der Waals surface area contributed by atoms with E-state index in [2.05, 4.69) is 125 Å². The molecule has 176 valence electrons. The summed E-state index contributed by atoms with van der Waals surface area (Å²) in [6.07, 6.45) is 6.45. The Hall–Kier alpha value is -4.30. The molecule has 2 heterocycles. The van der Waals surface area contributed by atoms with E-state index in [1.54, 1.807) is 0 Å². The Morgan fingerprint density at radius 2 is 1.56 bits per heavy atom. The Labute approximate surface area is 212 Å². The van der Waals surface area contributed by atoms with Crippen molar-refractivity contribution in [2.75, 3.05) is 0 Å². The van der Waals surface area contributed by atoms with Gasteiger partial charge in [-0.25, -0.2) is 0 Å². The highest BCUT2D eigenvalue weighted by molar-refractivity contribution is 6.14. The Kier molecular flexibility index (Phi) is 5.38. The van der Waals surface area contributed by atoms with E-state index in [1.807, 2.05) is 10.6 Å². The second-order valence-electron chi connectivity index (χ2n) is 9.83. The van der Waals surface area contributed by atoms with Crippen LogP contribution in [-0.4, -0.2) is 11.3 Å². The monoisotopic (exact) mass is 467 g/mol. The molecule has 36 heavy (non-hydrogen) atoms. The molecule has 0 unspecified atom stereocenters. The third-order valence-electron chi connectivity index (χ3n) is 7.13. The summed E-state index contributed by atoms with van der Waals surface area (Å²) in [5, 5.41) is 2.28. The topological polar surface area (TPSA) is 14.3 Å². The highest BCUT2D eigenvalue weighted by atomic mass is 16.3. The maximum atomic E-state index is 6.59. The third kappa shape index (κ3) is 3.67. The fraction of sp³-hybridized carbons (Fsp3) is 0.118. The van der Waals surface area contributed by atoms with Gasteiger partial charge in [-0.05, 0) is 45.7 Å². The minimum absolute atomic E-state index is 0.429. The number of fused-ring (bicyclic) bond motifs is 3. The molecule has 5 aromatic rings. The predicted molar refractivity (Wildman–Crippen MR) is 151 cm³/mol. The van der Waals surface area contributed by atoms with Crippen molar-refractivity contribution in [3.05, 3.63) is 126 Å². The number of benzene rings is 4. The van der Waals surface area contributed by atoms with Crippen molar-refractivity contribution in [3.8, 4) is 22.3 Å². The molecule has 0 N–H and O–H groups in total. The van der Waals surface area contributed by atoms with E-state index in [9.17, 15) is 0 Å². The fourth-order valence-electron chi connectivity index (χ4n) is 5.17. The molecule has 0 saturated carbocycles. The van der Waals surface area contributed by atoms with Crippen molar-refractivity contribution in [2.24, 2.45) is 5.92 Å². The molecule has 1 aromatic heterocycles. The molecule has 0 atom stereocenters. The maximum absolute atomic E-state index is 6.59. The van der Waals surface area contributed by atoms with Crippen LogP contribution in [0.4, 0.5) is 0 Å². The summed E-state index contributed by atoms with van der Waals surface area (Å²) >= 11 is 0. The lowest BCUT2D eigenvalue weighted by atomic mass is 9.88. The second-order valence-corrected chi connectivity index (χ2v) is 9.83. The molecule has 0 aliphatic carbocycles. The normalized spacial score (nSPS) is 13.7. The first kappa shape index (κ1) is 22.2. The van der Waals surface area contributed by atoms with Crippen LogP contribution in [0.5, 0.6) is 0 Å². The van der Waals surface area contributed by atoms with Gasteiger partial charge in [0.25, 0.3) is 11.2 Å². The van der Waals surface area contributed by atoms with Crippen molar-refractivity contribution in [1.29, 1.82) is 0 Å².